The van der Waals surface area contributed by atoms with E-state index in [1.54, 1.807) is 46.4 Å². The molecular formula is C32H40ClFN4O8. The second-order valence-electron chi connectivity index (χ2n) is 13.6. The molecule has 12 nitrogen and oxygen atoms in total. The summed E-state index contributed by atoms with van der Waals surface area (Å²) in [6.45, 7) is 12.3. The number of halogens is 2. The second-order valence-corrected chi connectivity index (χ2v) is 14.0. The molecule has 2 amide bonds. The van der Waals surface area contributed by atoms with Crippen LogP contribution in [0, 0.1) is 5.82 Å². The summed E-state index contributed by atoms with van der Waals surface area (Å²) in [5.41, 5.74) is -1.92. The summed E-state index contributed by atoms with van der Waals surface area (Å²) in [4.78, 5) is 49.5. The van der Waals surface area contributed by atoms with Gasteiger partial charge in [0.25, 0.3) is 5.91 Å². The zero-order valence-electron chi connectivity index (χ0n) is 27.1. The maximum atomic E-state index is 15.6. The Bertz CT molecular complexity index is 1520. The Kier molecular flexibility index (Phi) is 9.29. The van der Waals surface area contributed by atoms with Crippen LogP contribution in [0.2, 0.25) is 5.02 Å². The van der Waals surface area contributed by atoms with E-state index in [-0.39, 0.29) is 71.6 Å². The highest BCUT2D eigenvalue weighted by Crippen LogP contribution is 2.46. The van der Waals surface area contributed by atoms with Crippen LogP contribution in [0.4, 0.5) is 14.0 Å². The summed E-state index contributed by atoms with van der Waals surface area (Å²) in [5, 5.41) is -0.165. The van der Waals surface area contributed by atoms with Gasteiger partial charge in [-0.15, -0.1) is 0 Å². The first-order valence-corrected chi connectivity index (χ1v) is 15.6. The van der Waals surface area contributed by atoms with Crippen molar-refractivity contribution in [3.63, 3.8) is 0 Å². The van der Waals surface area contributed by atoms with E-state index in [1.165, 1.54) is 23.1 Å². The summed E-state index contributed by atoms with van der Waals surface area (Å²) in [5.74, 6) is -1.54. The molecule has 46 heavy (non-hydrogen) atoms. The first-order valence-electron chi connectivity index (χ1n) is 15.2. The number of hydrogen-bond acceptors (Lipinski definition) is 10. The average Bonchev–Trinajstić information content (AvgIpc) is 3.28. The smallest absolute Gasteiger partial charge is 0.489 e. The lowest BCUT2D eigenvalue weighted by Crippen LogP contribution is -2.58. The molecule has 0 spiro atoms. The van der Waals surface area contributed by atoms with Crippen LogP contribution in [-0.2, 0) is 9.47 Å². The van der Waals surface area contributed by atoms with Gasteiger partial charge in [-0.05, 0) is 67.1 Å². The minimum absolute atomic E-state index is 0.00229. The predicted molar refractivity (Wildman–Crippen MR) is 166 cm³/mol. The molecule has 0 unspecified atom stereocenters. The minimum Gasteiger partial charge on any atom is -0.489 e. The SMILES string of the molecule is CN1CC[C@@H](Oc2nc(-c3c(F)cccc3OC(=O)OC(C)(C)C)c(Cl)c3c2C(=O)N2CCN(C(=O)OC(C)(C)C)C[C@@H]2CO3)C1. The van der Waals surface area contributed by atoms with Crippen molar-refractivity contribution < 1.29 is 42.5 Å². The maximum absolute atomic E-state index is 15.6. The average molecular weight is 663 g/mol. The van der Waals surface area contributed by atoms with E-state index < -0.39 is 41.2 Å². The van der Waals surface area contributed by atoms with Gasteiger partial charge in [0.2, 0.25) is 5.88 Å². The number of piperazine rings is 1. The van der Waals surface area contributed by atoms with Gasteiger partial charge in [0.15, 0.2) is 5.75 Å². The highest BCUT2D eigenvalue weighted by molar-refractivity contribution is 6.35. The molecule has 0 N–H and O–H groups in total. The topological polar surface area (TPSA) is 120 Å². The molecule has 3 aliphatic rings. The summed E-state index contributed by atoms with van der Waals surface area (Å²) < 4.78 is 44.4. The molecule has 0 aliphatic carbocycles. The lowest BCUT2D eigenvalue weighted by Gasteiger charge is -2.40. The van der Waals surface area contributed by atoms with E-state index in [9.17, 15) is 14.4 Å². The number of ether oxygens (including phenoxy) is 5. The molecule has 4 heterocycles. The number of benzene rings is 1. The third-order valence-corrected chi connectivity index (χ3v) is 7.86. The van der Waals surface area contributed by atoms with Crippen LogP contribution in [0.25, 0.3) is 11.3 Å². The Balaban J connectivity index is 1.56. The molecule has 2 atom stereocenters. The molecular weight excluding hydrogens is 623 g/mol. The highest BCUT2D eigenvalue weighted by atomic mass is 35.5. The molecule has 1 aromatic heterocycles. The van der Waals surface area contributed by atoms with Crippen molar-refractivity contribution in [2.24, 2.45) is 0 Å². The van der Waals surface area contributed by atoms with Crippen molar-refractivity contribution in [3.05, 3.63) is 34.6 Å². The van der Waals surface area contributed by atoms with Crippen molar-refractivity contribution >= 4 is 29.8 Å². The van der Waals surface area contributed by atoms with Gasteiger partial charge in [0.1, 0.15) is 51.8 Å². The molecule has 14 heteroatoms. The molecule has 0 radical (unpaired) electrons. The molecule has 0 bridgehead atoms. The Morgan fingerprint density at radius 2 is 1.74 bits per heavy atom. The van der Waals surface area contributed by atoms with Crippen LogP contribution < -0.4 is 14.2 Å². The van der Waals surface area contributed by atoms with Crippen LogP contribution >= 0.6 is 11.6 Å². The van der Waals surface area contributed by atoms with Crippen LogP contribution in [-0.4, -0.2) is 108 Å². The number of amides is 2. The van der Waals surface area contributed by atoms with Gasteiger partial charge in [-0.25, -0.2) is 19.0 Å². The molecule has 5 rings (SSSR count). The fourth-order valence-electron chi connectivity index (χ4n) is 5.51. The number of rotatable bonds is 4. The fraction of sp³-hybridized carbons (Fsp3) is 0.562. The largest absolute Gasteiger partial charge is 0.514 e. The number of fused-ring (bicyclic) bond motifs is 2. The monoisotopic (exact) mass is 662 g/mol. The minimum atomic E-state index is -1.05. The standard InChI is InChI=1S/C32H40ClFN4O8/c1-31(2,3)45-29(40)37-13-14-38-18(15-37)17-42-26-23(28(38)39)27(43-19-11-12-36(7)16-19)35-25(24(26)33)22-20(34)9-8-10-21(22)44-30(41)46-32(4,5)6/h8-10,18-19H,11-17H2,1-7H3/t18-,19-/m1/s1. The van der Waals surface area contributed by atoms with Crippen LogP contribution in [0.5, 0.6) is 17.4 Å². The number of pyridine rings is 1. The van der Waals surface area contributed by atoms with Crippen LogP contribution in [0.1, 0.15) is 58.3 Å². The Labute approximate surface area is 272 Å². The van der Waals surface area contributed by atoms with Crippen molar-refractivity contribution in [1.82, 2.24) is 19.7 Å². The molecule has 2 saturated heterocycles. The van der Waals surface area contributed by atoms with Crippen molar-refractivity contribution in [2.45, 2.75) is 71.3 Å². The first-order chi connectivity index (χ1) is 21.5. The van der Waals surface area contributed by atoms with E-state index in [2.05, 4.69) is 9.88 Å². The number of likely N-dealkylation sites (tertiary alicyclic amines) is 1. The van der Waals surface area contributed by atoms with Gasteiger partial charge in [0, 0.05) is 32.7 Å². The first kappa shape index (κ1) is 33.5. The number of likely N-dealkylation sites (N-methyl/N-ethyl adjacent to an activating group) is 1. The van der Waals surface area contributed by atoms with Crippen molar-refractivity contribution in [1.29, 1.82) is 0 Å². The van der Waals surface area contributed by atoms with Crippen LogP contribution in [0.3, 0.4) is 0 Å². The summed E-state index contributed by atoms with van der Waals surface area (Å²) in [7, 11) is 1.95. The van der Waals surface area contributed by atoms with Crippen LogP contribution in [0.15, 0.2) is 18.2 Å². The molecule has 0 saturated carbocycles. The Hall–Kier alpha value is -3.84. The molecule has 2 aromatic rings. The van der Waals surface area contributed by atoms with Gasteiger partial charge in [-0.1, -0.05) is 17.7 Å². The van der Waals surface area contributed by atoms with Gasteiger partial charge in [0.05, 0.1) is 11.6 Å². The molecule has 3 aliphatic heterocycles. The van der Waals surface area contributed by atoms with E-state index >= 15 is 4.39 Å². The van der Waals surface area contributed by atoms with Gasteiger partial charge in [-0.3, -0.25) is 4.79 Å². The lowest BCUT2D eigenvalue weighted by atomic mass is 10.1. The lowest BCUT2D eigenvalue weighted by molar-refractivity contribution is 0.000864. The zero-order chi connectivity index (χ0) is 33.6. The number of aromatic nitrogens is 1. The highest BCUT2D eigenvalue weighted by Gasteiger charge is 2.42. The molecule has 2 fully saturated rings. The maximum Gasteiger partial charge on any atom is 0.514 e. The van der Waals surface area contributed by atoms with E-state index in [0.29, 0.717) is 13.0 Å². The number of carbonyl (C=O) groups excluding carboxylic acids is 3. The van der Waals surface area contributed by atoms with Crippen molar-refractivity contribution in [2.75, 3.05) is 46.4 Å². The van der Waals surface area contributed by atoms with Crippen molar-refractivity contribution in [3.8, 4) is 28.6 Å². The third-order valence-electron chi connectivity index (χ3n) is 7.51. The van der Waals surface area contributed by atoms with E-state index in [4.69, 9.17) is 35.3 Å². The van der Waals surface area contributed by atoms with Gasteiger partial charge >= 0.3 is 12.2 Å². The second kappa shape index (κ2) is 12.7. The number of nitrogens with zero attached hydrogens (tertiary/aromatic N) is 4. The summed E-state index contributed by atoms with van der Waals surface area (Å²) in [6.07, 6.45) is -1.18. The molecule has 1 aromatic carbocycles. The predicted octanol–water partition coefficient (Wildman–Crippen LogP) is 5.39. The zero-order valence-corrected chi connectivity index (χ0v) is 27.9. The van der Waals surface area contributed by atoms with E-state index in [0.717, 1.165) is 6.54 Å². The van der Waals surface area contributed by atoms with Gasteiger partial charge in [-0.2, -0.15) is 0 Å². The normalized spacial score (nSPS) is 20.3. The third kappa shape index (κ3) is 7.41. The summed E-state index contributed by atoms with van der Waals surface area (Å²) >= 11 is 6.90. The Morgan fingerprint density at radius 1 is 1.02 bits per heavy atom. The Morgan fingerprint density at radius 3 is 2.39 bits per heavy atom. The summed E-state index contributed by atoms with van der Waals surface area (Å²) in [6, 6.07) is 3.39. The number of carbonyl (C=O) groups is 3. The molecule has 250 valence electrons. The fourth-order valence-corrected chi connectivity index (χ4v) is 5.79. The van der Waals surface area contributed by atoms with Gasteiger partial charge < -0.3 is 38.4 Å². The quantitative estimate of drug-likeness (QED) is 0.311. The van der Waals surface area contributed by atoms with E-state index in [1.807, 2.05) is 7.05 Å². The number of hydrogen-bond donors (Lipinski definition) is 0.